The summed E-state index contributed by atoms with van der Waals surface area (Å²) in [5.41, 5.74) is 0.0724. The normalized spacial score (nSPS) is 9.79. The summed E-state index contributed by atoms with van der Waals surface area (Å²) in [4.78, 5) is 3.93. The molecule has 6 heteroatoms. The van der Waals surface area contributed by atoms with Gasteiger partial charge in [-0.2, -0.15) is 5.26 Å². The molecular formula is C13H9F2N3O. The molecule has 0 unspecified atom stereocenters. The molecule has 0 saturated heterocycles. The standard InChI is InChI=1S/C13H9F2N3O/c1-19-11-5-3-9(7-17-11)18-10-4-2-8(6-16)12(14)13(10)15/h2-5,7,18H,1H3. The lowest BCUT2D eigenvalue weighted by Crippen LogP contribution is -1.99. The van der Waals surface area contributed by atoms with Crippen molar-refractivity contribution in [3.05, 3.63) is 47.7 Å². The Kier molecular flexibility index (Phi) is 3.57. The molecule has 0 saturated carbocycles. The summed E-state index contributed by atoms with van der Waals surface area (Å²) in [6.07, 6.45) is 1.42. The third kappa shape index (κ3) is 2.60. The Bertz CT molecular complexity index is 636. The van der Waals surface area contributed by atoms with E-state index in [-0.39, 0.29) is 11.3 Å². The van der Waals surface area contributed by atoms with Gasteiger partial charge in [-0.3, -0.25) is 0 Å². The summed E-state index contributed by atoms with van der Waals surface area (Å²) in [5, 5.41) is 11.3. The van der Waals surface area contributed by atoms with E-state index in [2.05, 4.69) is 10.3 Å². The van der Waals surface area contributed by atoms with E-state index in [1.165, 1.54) is 25.4 Å². The number of rotatable bonds is 3. The predicted molar refractivity (Wildman–Crippen MR) is 65.1 cm³/mol. The van der Waals surface area contributed by atoms with E-state index in [4.69, 9.17) is 10.00 Å². The maximum Gasteiger partial charge on any atom is 0.213 e. The number of aromatic nitrogens is 1. The van der Waals surface area contributed by atoms with Gasteiger partial charge in [-0.25, -0.2) is 13.8 Å². The highest BCUT2D eigenvalue weighted by molar-refractivity contribution is 5.61. The SMILES string of the molecule is COc1ccc(Nc2ccc(C#N)c(F)c2F)cn1. The van der Waals surface area contributed by atoms with Crippen LogP contribution in [0.15, 0.2) is 30.5 Å². The van der Waals surface area contributed by atoms with E-state index in [0.29, 0.717) is 11.6 Å². The minimum Gasteiger partial charge on any atom is -0.481 e. The highest BCUT2D eigenvalue weighted by atomic mass is 19.2. The number of ether oxygens (including phenoxy) is 1. The minimum atomic E-state index is -1.17. The first kappa shape index (κ1) is 12.8. The Balaban J connectivity index is 2.28. The molecule has 0 aliphatic rings. The number of methoxy groups -OCH3 is 1. The van der Waals surface area contributed by atoms with Crippen molar-refractivity contribution in [2.45, 2.75) is 0 Å². The fourth-order valence-corrected chi connectivity index (χ4v) is 1.46. The number of nitrogens with one attached hydrogen (secondary N) is 1. The monoisotopic (exact) mass is 261 g/mol. The summed E-state index contributed by atoms with van der Waals surface area (Å²) >= 11 is 0. The number of halogens is 2. The number of nitriles is 1. The molecule has 96 valence electrons. The quantitative estimate of drug-likeness (QED) is 0.922. The van der Waals surface area contributed by atoms with Gasteiger partial charge < -0.3 is 10.1 Å². The third-order valence-electron chi connectivity index (χ3n) is 2.43. The van der Waals surface area contributed by atoms with Crippen molar-refractivity contribution in [1.82, 2.24) is 4.98 Å². The van der Waals surface area contributed by atoms with Crippen molar-refractivity contribution >= 4 is 11.4 Å². The van der Waals surface area contributed by atoms with E-state index >= 15 is 0 Å². The number of hydrogen-bond donors (Lipinski definition) is 1. The van der Waals surface area contributed by atoms with Gasteiger partial charge >= 0.3 is 0 Å². The van der Waals surface area contributed by atoms with Crippen LogP contribution >= 0.6 is 0 Å². The molecule has 0 aliphatic heterocycles. The Labute approximate surface area is 108 Å². The van der Waals surface area contributed by atoms with Gasteiger partial charge in [-0.05, 0) is 18.2 Å². The van der Waals surface area contributed by atoms with Crippen LogP contribution in [0.2, 0.25) is 0 Å². The van der Waals surface area contributed by atoms with Crippen LogP contribution < -0.4 is 10.1 Å². The zero-order valence-corrected chi connectivity index (χ0v) is 9.95. The Hall–Kier alpha value is -2.68. The number of pyridine rings is 1. The molecule has 19 heavy (non-hydrogen) atoms. The van der Waals surface area contributed by atoms with Crippen LogP contribution in [0.4, 0.5) is 20.2 Å². The minimum absolute atomic E-state index is 0.0662. The number of hydrogen-bond acceptors (Lipinski definition) is 4. The van der Waals surface area contributed by atoms with Crippen molar-refractivity contribution in [3.63, 3.8) is 0 Å². The van der Waals surface area contributed by atoms with E-state index in [0.717, 1.165) is 0 Å². The van der Waals surface area contributed by atoms with Gasteiger partial charge in [0.25, 0.3) is 0 Å². The fraction of sp³-hybridized carbons (Fsp3) is 0.0769. The van der Waals surface area contributed by atoms with Crippen LogP contribution in [0.1, 0.15) is 5.56 Å². The van der Waals surface area contributed by atoms with Crippen LogP contribution in [-0.2, 0) is 0 Å². The number of anilines is 2. The topological polar surface area (TPSA) is 57.9 Å². The van der Waals surface area contributed by atoms with Crippen molar-refractivity contribution in [2.24, 2.45) is 0 Å². The van der Waals surface area contributed by atoms with Crippen molar-refractivity contribution in [1.29, 1.82) is 5.26 Å². The molecule has 1 heterocycles. The molecule has 0 bridgehead atoms. The maximum absolute atomic E-state index is 13.6. The van der Waals surface area contributed by atoms with E-state index < -0.39 is 11.6 Å². The second-order valence-corrected chi connectivity index (χ2v) is 3.61. The molecule has 1 aromatic heterocycles. The average molecular weight is 261 g/mol. The van der Waals surface area contributed by atoms with Crippen molar-refractivity contribution in [3.8, 4) is 11.9 Å². The summed E-state index contributed by atoms with van der Waals surface area (Å²) < 4.78 is 31.9. The summed E-state index contributed by atoms with van der Waals surface area (Å²) in [7, 11) is 1.48. The Morgan fingerprint density at radius 1 is 1.21 bits per heavy atom. The largest absolute Gasteiger partial charge is 0.481 e. The predicted octanol–water partition coefficient (Wildman–Crippen LogP) is 2.98. The molecule has 0 atom stereocenters. The average Bonchev–Trinajstić information content (AvgIpc) is 2.45. The molecule has 1 aromatic carbocycles. The lowest BCUT2D eigenvalue weighted by atomic mass is 10.2. The molecule has 0 amide bonds. The fourth-order valence-electron chi connectivity index (χ4n) is 1.46. The first-order chi connectivity index (χ1) is 9.15. The first-order valence-corrected chi connectivity index (χ1v) is 5.31. The zero-order valence-electron chi connectivity index (χ0n) is 9.95. The van der Waals surface area contributed by atoms with E-state index in [9.17, 15) is 8.78 Å². The van der Waals surface area contributed by atoms with Crippen LogP contribution in [0.5, 0.6) is 5.88 Å². The lowest BCUT2D eigenvalue weighted by molar-refractivity contribution is 0.398. The highest BCUT2D eigenvalue weighted by Gasteiger charge is 2.13. The first-order valence-electron chi connectivity index (χ1n) is 5.31. The molecule has 0 aliphatic carbocycles. The maximum atomic E-state index is 13.6. The molecule has 0 fully saturated rings. The van der Waals surface area contributed by atoms with Crippen LogP contribution in [0.3, 0.4) is 0 Å². The molecule has 0 spiro atoms. The van der Waals surface area contributed by atoms with Crippen molar-refractivity contribution in [2.75, 3.05) is 12.4 Å². The molecule has 4 nitrogen and oxygen atoms in total. The van der Waals surface area contributed by atoms with Gasteiger partial charge in [0, 0.05) is 6.07 Å². The highest BCUT2D eigenvalue weighted by Crippen LogP contribution is 2.24. The van der Waals surface area contributed by atoms with E-state index in [1.54, 1.807) is 18.2 Å². The smallest absolute Gasteiger partial charge is 0.213 e. The van der Waals surface area contributed by atoms with Gasteiger partial charge in [0.2, 0.25) is 5.88 Å². The zero-order chi connectivity index (χ0) is 13.8. The Morgan fingerprint density at radius 2 is 2.00 bits per heavy atom. The van der Waals surface area contributed by atoms with Gasteiger partial charge in [0.15, 0.2) is 11.6 Å². The molecule has 2 rings (SSSR count). The van der Waals surface area contributed by atoms with Crippen LogP contribution in [-0.4, -0.2) is 12.1 Å². The summed E-state index contributed by atoms with van der Waals surface area (Å²) in [5.74, 6) is -1.86. The second-order valence-electron chi connectivity index (χ2n) is 3.61. The second kappa shape index (κ2) is 5.31. The van der Waals surface area contributed by atoms with Crippen LogP contribution in [0.25, 0.3) is 0 Å². The van der Waals surface area contributed by atoms with Gasteiger partial charge in [-0.1, -0.05) is 0 Å². The summed E-state index contributed by atoms with van der Waals surface area (Å²) in [6, 6.07) is 7.27. The summed E-state index contributed by atoms with van der Waals surface area (Å²) in [6.45, 7) is 0. The lowest BCUT2D eigenvalue weighted by Gasteiger charge is -2.08. The van der Waals surface area contributed by atoms with Gasteiger partial charge in [0.1, 0.15) is 6.07 Å². The van der Waals surface area contributed by atoms with Gasteiger partial charge in [-0.15, -0.1) is 0 Å². The third-order valence-corrected chi connectivity index (χ3v) is 2.43. The number of nitrogens with zero attached hydrogens (tertiary/aromatic N) is 2. The van der Waals surface area contributed by atoms with Gasteiger partial charge in [0.05, 0.1) is 30.2 Å². The number of benzene rings is 1. The molecule has 0 radical (unpaired) electrons. The van der Waals surface area contributed by atoms with Crippen LogP contribution in [0, 0.1) is 23.0 Å². The van der Waals surface area contributed by atoms with Crippen molar-refractivity contribution < 1.29 is 13.5 Å². The molecule has 1 N–H and O–H groups in total. The Morgan fingerprint density at radius 3 is 2.58 bits per heavy atom. The van der Waals surface area contributed by atoms with E-state index in [1.807, 2.05) is 0 Å². The molecular weight excluding hydrogens is 252 g/mol. The molecule has 2 aromatic rings.